The minimum atomic E-state index is -0.742. The average Bonchev–Trinajstić information content (AvgIpc) is 2.84. The van der Waals surface area contributed by atoms with Crippen LogP contribution in [0.4, 0.5) is 0 Å². The Morgan fingerprint density at radius 3 is 2.31 bits per heavy atom. The number of nitrogens with zero attached hydrogens (tertiary/aromatic N) is 1. The van der Waals surface area contributed by atoms with Gasteiger partial charge in [-0.3, -0.25) is 9.59 Å². The summed E-state index contributed by atoms with van der Waals surface area (Å²) in [5.74, 6) is 0.0916. The molecule has 7 heteroatoms. The topological polar surface area (TPSA) is 58.6 Å². The average molecular weight is 513 g/mol. The van der Waals surface area contributed by atoms with Gasteiger partial charge in [0.05, 0.1) is 10.0 Å². The van der Waals surface area contributed by atoms with E-state index in [-0.39, 0.29) is 25.0 Å². The molecule has 35 heavy (non-hydrogen) atoms. The number of rotatable bonds is 9. The van der Waals surface area contributed by atoms with Gasteiger partial charge in [0, 0.05) is 20.0 Å². The van der Waals surface area contributed by atoms with Crippen LogP contribution in [0, 0.1) is 20.8 Å². The summed E-state index contributed by atoms with van der Waals surface area (Å²) in [7, 11) is 1.57. The van der Waals surface area contributed by atoms with Gasteiger partial charge in [0.15, 0.2) is 6.61 Å². The lowest BCUT2D eigenvalue weighted by Crippen LogP contribution is -2.51. The monoisotopic (exact) mass is 512 g/mol. The molecule has 0 fully saturated rings. The summed E-state index contributed by atoms with van der Waals surface area (Å²) >= 11 is 12.3. The molecule has 0 aliphatic rings. The van der Waals surface area contributed by atoms with Gasteiger partial charge in [0.2, 0.25) is 5.91 Å². The van der Waals surface area contributed by atoms with E-state index in [1.807, 2.05) is 57.2 Å². The van der Waals surface area contributed by atoms with E-state index in [1.54, 1.807) is 30.1 Å². The number of carbonyl (C=O) groups excluding carboxylic acids is 2. The molecular weight excluding hydrogens is 483 g/mol. The van der Waals surface area contributed by atoms with Gasteiger partial charge in [0.25, 0.3) is 5.91 Å². The van der Waals surface area contributed by atoms with Crippen molar-refractivity contribution in [3.8, 4) is 5.75 Å². The molecule has 0 aromatic heterocycles. The maximum absolute atomic E-state index is 13.6. The lowest BCUT2D eigenvalue weighted by molar-refractivity contribution is -0.142. The number of ether oxygens (including phenoxy) is 1. The second-order valence-corrected chi connectivity index (χ2v) is 9.40. The van der Waals surface area contributed by atoms with E-state index >= 15 is 0 Å². The number of benzene rings is 3. The Balaban J connectivity index is 1.92. The van der Waals surface area contributed by atoms with Gasteiger partial charge < -0.3 is 15.0 Å². The number of likely N-dealkylation sites (N-methyl/N-ethyl adjacent to an activating group) is 1. The third-order valence-electron chi connectivity index (χ3n) is 5.97. The van der Waals surface area contributed by atoms with Crippen LogP contribution in [-0.2, 0) is 22.6 Å². The number of halogens is 2. The number of amides is 2. The largest absolute Gasteiger partial charge is 0.483 e. The van der Waals surface area contributed by atoms with Crippen molar-refractivity contribution >= 4 is 35.0 Å². The minimum Gasteiger partial charge on any atom is -0.483 e. The van der Waals surface area contributed by atoms with E-state index in [0.29, 0.717) is 22.2 Å². The van der Waals surface area contributed by atoms with E-state index in [0.717, 1.165) is 27.8 Å². The first-order valence-electron chi connectivity index (χ1n) is 11.4. The Bertz CT molecular complexity index is 1200. The second kappa shape index (κ2) is 12.1. The predicted octanol–water partition coefficient (Wildman–Crippen LogP) is 5.68. The number of hydrogen-bond donors (Lipinski definition) is 1. The molecule has 0 aliphatic carbocycles. The van der Waals surface area contributed by atoms with Crippen LogP contribution in [0.1, 0.15) is 27.8 Å². The normalized spacial score (nSPS) is 11.6. The number of hydrogen-bond acceptors (Lipinski definition) is 3. The van der Waals surface area contributed by atoms with Crippen LogP contribution in [0.15, 0.2) is 60.7 Å². The fourth-order valence-electron chi connectivity index (χ4n) is 3.93. The molecule has 0 aliphatic heterocycles. The zero-order chi connectivity index (χ0) is 25.5. The van der Waals surface area contributed by atoms with E-state index in [1.165, 1.54) is 0 Å². The molecule has 3 aromatic carbocycles. The van der Waals surface area contributed by atoms with E-state index in [9.17, 15) is 9.59 Å². The standard InChI is InChI=1S/C28H30Cl2N2O3/c1-18-12-19(2)20(3)26(13-18)35-17-27(33)32(16-22-10-11-23(29)24(30)14-22)25(28(34)31-4)15-21-8-6-5-7-9-21/h5-14,25H,15-17H2,1-4H3,(H,31,34). The van der Waals surface area contributed by atoms with Crippen molar-refractivity contribution in [3.63, 3.8) is 0 Å². The van der Waals surface area contributed by atoms with Crippen molar-refractivity contribution in [2.75, 3.05) is 13.7 Å². The maximum Gasteiger partial charge on any atom is 0.261 e. The Labute approximate surface area is 217 Å². The first-order chi connectivity index (χ1) is 16.7. The van der Waals surface area contributed by atoms with Crippen LogP contribution in [0.2, 0.25) is 10.0 Å². The summed E-state index contributed by atoms with van der Waals surface area (Å²) in [6.07, 6.45) is 0.357. The van der Waals surface area contributed by atoms with Crippen LogP contribution < -0.4 is 10.1 Å². The molecule has 5 nitrogen and oxygen atoms in total. The Morgan fingerprint density at radius 1 is 0.943 bits per heavy atom. The fraction of sp³-hybridized carbons (Fsp3) is 0.286. The van der Waals surface area contributed by atoms with Crippen LogP contribution >= 0.6 is 23.2 Å². The van der Waals surface area contributed by atoms with E-state index in [4.69, 9.17) is 27.9 Å². The van der Waals surface area contributed by atoms with Gasteiger partial charge in [-0.15, -0.1) is 0 Å². The van der Waals surface area contributed by atoms with Crippen molar-refractivity contribution in [1.82, 2.24) is 10.2 Å². The van der Waals surface area contributed by atoms with Crippen LogP contribution in [0.5, 0.6) is 5.75 Å². The van der Waals surface area contributed by atoms with Crippen molar-refractivity contribution < 1.29 is 14.3 Å². The molecular formula is C28H30Cl2N2O3. The number of nitrogens with one attached hydrogen (secondary N) is 1. The molecule has 0 heterocycles. The minimum absolute atomic E-state index is 0.176. The van der Waals surface area contributed by atoms with Crippen molar-refractivity contribution in [2.24, 2.45) is 0 Å². The maximum atomic E-state index is 13.6. The summed E-state index contributed by atoms with van der Waals surface area (Å²) < 4.78 is 5.97. The Hall–Kier alpha value is -3.02. The molecule has 1 N–H and O–H groups in total. The zero-order valence-corrected chi connectivity index (χ0v) is 21.9. The molecule has 1 atom stereocenters. The fourth-order valence-corrected chi connectivity index (χ4v) is 4.25. The van der Waals surface area contributed by atoms with Gasteiger partial charge in [-0.25, -0.2) is 0 Å². The van der Waals surface area contributed by atoms with Crippen molar-refractivity contribution in [1.29, 1.82) is 0 Å². The third kappa shape index (κ3) is 7.00. The smallest absolute Gasteiger partial charge is 0.261 e. The highest BCUT2D eigenvalue weighted by molar-refractivity contribution is 6.42. The van der Waals surface area contributed by atoms with Gasteiger partial charge in [-0.1, -0.05) is 65.7 Å². The summed E-state index contributed by atoms with van der Waals surface area (Å²) in [5, 5.41) is 3.52. The van der Waals surface area contributed by atoms with Gasteiger partial charge in [-0.05, 0) is 66.8 Å². The Morgan fingerprint density at radius 2 is 1.66 bits per heavy atom. The molecule has 3 aromatic rings. The first kappa shape index (κ1) is 26.6. The molecule has 0 saturated heterocycles. The molecule has 0 spiro atoms. The SMILES string of the molecule is CNC(=O)C(Cc1ccccc1)N(Cc1ccc(Cl)c(Cl)c1)C(=O)COc1cc(C)cc(C)c1C. The van der Waals surface area contributed by atoms with Crippen molar-refractivity contribution in [2.45, 2.75) is 39.8 Å². The highest BCUT2D eigenvalue weighted by Gasteiger charge is 2.30. The number of carbonyl (C=O) groups is 2. The Kier molecular flexibility index (Phi) is 9.19. The lowest BCUT2D eigenvalue weighted by atomic mass is 10.0. The van der Waals surface area contributed by atoms with E-state index < -0.39 is 6.04 Å². The molecule has 0 radical (unpaired) electrons. The molecule has 2 amide bonds. The van der Waals surface area contributed by atoms with Crippen LogP contribution in [0.25, 0.3) is 0 Å². The molecule has 1 unspecified atom stereocenters. The molecule has 184 valence electrons. The number of aryl methyl sites for hydroxylation is 2. The molecule has 0 bridgehead atoms. The summed E-state index contributed by atoms with van der Waals surface area (Å²) in [6, 6.07) is 18.0. The zero-order valence-electron chi connectivity index (χ0n) is 20.4. The van der Waals surface area contributed by atoms with Gasteiger partial charge in [-0.2, -0.15) is 0 Å². The second-order valence-electron chi connectivity index (χ2n) is 8.58. The third-order valence-corrected chi connectivity index (χ3v) is 6.71. The van der Waals surface area contributed by atoms with Crippen LogP contribution in [0.3, 0.4) is 0 Å². The van der Waals surface area contributed by atoms with E-state index in [2.05, 4.69) is 11.4 Å². The summed E-state index contributed by atoms with van der Waals surface area (Å²) in [6.45, 7) is 5.93. The van der Waals surface area contributed by atoms with Gasteiger partial charge in [0.1, 0.15) is 11.8 Å². The predicted molar refractivity (Wildman–Crippen MR) is 141 cm³/mol. The van der Waals surface area contributed by atoms with Gasteiger partial charge >= 0.3 is 0 Å². The highest BCUT2D eigenvalue weighted by atomic mass is 35.5. The summed E-state index contributed by atoms with van der Waals surface area (Å²) in [5.41, 5.74) is 4.82. The molecule has 0 saturated carbocycles. The first-order valence-corrected chi connectivity index (χ1v) is 12.1. The van der Waals surface area contributed by atoms with Crippen LogP contribution in [-0.4, -0.2) is 36.4 Å². The highest BCUT2D eigenvalue weighted by Crippen LogP contribution is 2.26. The quantitative estimate of drug-likeness (QED) is 0.400. The summed E-state index contributed by atoms with van der Waals surface area (Å²) in [4.78, 5) is 28.1. The molecule has 3 rings (SSSR count). The van der Waals surface area contributed by atoms with Crippen molar-refractivity contribution in [3.05, 3.63) is 98.5 Å². The lowest BCUT2D eigenvalue weighted by Gasteiger charge is -2.31.